The number of carbonyl (C=O) groups excluding carboxylic acids is 2. The van der Waals surface area contributed by atoms with Crippen molar-refractivity contribution in [3.63, 3.8) is 0 Å². The Kier molecular flexibility index (Phi) is 5.78. The molecule has 6 heteroatoms. The van der Waals surface area contributed by atoms with E-state index in [-0.39, 0.29) is 18.3 Å². The lowest BCUT2D eigenvalue weighted by atomic mass is 10.1. The summed E-state index contributed by atoms with van der Waals surface area (Å²) in [5.41, 5.74) is 0.786. The fraction of sp³-hybridized carbons (Fsp3) is 0.111. The molecule has 0 aliphatic carbocycles. The molecule has 0 bridgehead atoms. The maximum absolute atomic E-state index is 13.1. The Morgan fingerprint density at radius 1 is 1.08 bits per heavy atom. The number of rotatable bonds is 6. The Bertz CT molecular complexity index is 770. The van der Waals surface area contributed by atoms with Gasteiger partial charge in [0.25, 0.3) is 5.91 Å². The highest BCUT2D eigenvalue weighted by Crippen LogP contribution is 2.14. The topological polar surface area (TPSA) is 55.4 Å². The van der Waals surface area contributed by atoms with Crippen molar-refractivity contribution >= 4 is 17.8 Å². The molecule has 0 fully saturated rings. The Hall–Kier alpha value is -3.02. The maximum Gasteiger partial charge on any atom is 0.257 e. The molecule has 0 heterocycles. The normalized spacial score (nSPS) is 10.6. The average Bonchev–Trinajstić information content (AvgIpc) is 2.60. The van der Waals surface area contributed by atoms with Crippen LogP contribution in [-0.4, -0.2) is 25.3 Å². The van der Waals surface area contributed by atoms with Crippen LogP contribution in [0.15, 0.2) is 48.5 Å². The SMILES string of the molecule is CNC(=O)COc1ccc(C(=O)/C=C/c2ccc(F)c(F)c2)cc1. The number of carbonyl (C=O) groups is 2. The number of amides is 1. The Morgan fingerprint density at radius 2 is 1.79 bits per heavy atom. The molecule has 1 amide bonds. The number of hydrogen-bond donors (Lipinski definition) is 1. The molecule has 4 nitrogen and oxygen atoms in total. The summed E-state index contributed by atoms with van der Waals surface area (Å²) in [5.74, 6) is -2.00. The van der Waals surface area contributed by atoms with Crippen molar-refractivity contribution in [2.24, 2.45) is 0 Å². The second-order valence-corrected chi connectivity index (χ2v) is 4.86. The van der Waals surface area contributed by atoms with Gasteiger partial charge in [-0.25, -0.2) is 8.78 Å². The van der Waals surface area contributed by atoms with E-state index in [0.29, 0.717) is 16.9 Å². The van der Waals surface area contributed by atoms with Gasteiger partial charge in [0.2, 0.25) is 0 Å². The van der Waals surface area contributed by atoms with Gasteiger partial charge in [0.1, 0.15) is 5.75 Å². The van der Waals surface area contributed by atoms with Gasteiger partial charge < -0.3 is 10.1 Å². The van der Waals surface area contributed by atoms with Crippen molar-refractivity contribution in [2.45, 2.75) is 0 Å². The summed E-state index contributed by atoms with van der Waals surface area (Å²) in [5, 5.41) is 2.43. The first-order valence-electron chi connectivity index (χ1n) is 7.10. The quantitative estimate of drug-likeness (QED) is 0.654. The smallest absolute Gasteiger partial charge is 0.257 e. The van der Waals surface area contributed by atoms with E-state index >= 15 is 0 Å². The zero-order chi connectivity index (χ0) is 17.5. The number of benzene rings is 2. The minimum atomic E-state index is -0.970. The van der Waals surface area contributed by atoms with Crippen LogP contribution in [0.4, 0.5) is 8.78 Å². The summed E-state index contributed by atoms with van der Waals surface area (Å²) < 4.78 is 31.2. The number of likely N-dealkylation sites (N-methyl/N-ethyl adjacent to an activating group) is 1. The number of ether oxygens (including phenoxy) is 1. The van der Waals surface area contributed by atoms with Crippen LogP contribution in [0.1, 0.15) is 15.9 Å². The Morgan fingerprint density at radius 3 is 2.42 bits per heavy atom. The maximum atomic E-state index is 13.1. The molecule has 0 saturated carbocycles. The van der Waals surface area contributed by atoms with E-state index in [4.69, 9.17) is 4.74 Å². The van der Waals surface area contributed by atoms with Crippen LogP contribution in [0, 0.1) is 11.6 Å². The molecule has 24 heavy (non-hydrogen) atoms. The van der Waals surface area contributed by atoms with E-state index < -0.39 is 11.6 Å². The van der Waals surface area contributed by atoms with Gasteiger partial charge in [-0.05, 0) is 48.0 Å². The van der Waals surface area contributed by atoms with E-state index in [2.05, 4.69) is 5.32 Å². The summed E-state index contributed by atoms with van der Waals surface area (Å²) >= 11 is 0. The zero-order valence-corrected chi connectivity index (χ0v) is 12.9. The molecule has 0 atom stereocenters. The zero-order valence-electron chi connectivity index (χ0n) is 12.9. The van der Waals surface area contributed by atoms with E-state index in [1.807, 2.05) is 0 Å². The van der Waals surface area contributed by atoms with Crippen LogP contribution in [0.5, 0.6) is 5.75 Å². The van der Waals surface area contributed by atoms with Crippen LogP contribution in [-0.2, 0) is 4.79 Å². The molecule has 0 aromatic heterocycles. The lowest BCUT2D eigenvalue weighted by Gasteiger charge is -2.05. The van der Waals surface area contributed by atoms with Gasteiger partial charge in [-0.1, -0.05) is 12.1 Å². The molecule has 0 aliphatic heterocycles. The first-order chi connectivity index (χ1) is 11.5. The van der Waals surface area contributed by atoms with Crippen LogP contribution in [0.25, 0.3) is 6.08 Å². The molecule has 0 radical (unpaired) electrons. The summed E-state index contributed by atoms with van der Waals surface area (Å²) in [6.07, 6.45) is 2.67. The molecule has 0 aliphatic rings. The van der Waals surface area contributed by atoms with E-state index in [1.54, 1.807) is 24.3 Å². The number of allylic oxidation sites excluding steroid dienone is 1. The lowest BCUT2D eigenvalue weighted by molar-refractivity contribution is -0.122. The fourth-order valence-electron chi connectivity index (χ4n) is 1.82. The minimum absolute atomic E-state index is 0.111. The molecule has 1 N–H and O–H groups in total. The van der Waals surface area contributed by atoms with Crippen molar-refractivity contribution in [3.8, 4) is 5.75 Å². The summed E-state index contributed by atoms with van der Waals surface area (Å²) in [4.78, 5) is 23.1. The van der Waals surface area contributed by atoms with E-state index in [9.17, 15) is 18.4 Å². The highest BCUT2D eigenvalue weighted by atomic mass is 19.2. The summed E-state index contributed by atoms with van der Waals surface area (Å²) in [6.45, 7) is -0.111. The van der Waals surface area contributed by atoms with Crippen molar-refractivity contribution in [1.82, 2.24) is 5.32 Å². The highest BCUT2D eigenvalue weighted by molar-refractivity contribution is 6.06. The van der Waals surface area contributed by atoms with Gasteiger partial charge in [0, 0.05) is 12.6 Å². The first-order valence-corrected chi connectivity index (χ1v) is 7.10. The van der Waals surface area contributed by atoms with Crippen molar-refractivity contribution in [3.05, 3.63) is 71.3 Å². The largest absolute Gasteiger partial charge is 0.484 e. The fourth-order valence-corrected chi connectivity index (χ4v) is 1.82. The third-order valence-electron chi connectivity index (χ3n) is 3.16. The second kappa shape index (κ2) is 8.01. The predicted molar refractivity (Wildman–Crippen MR) is 85.7 cm³/mol. The van der Waals surface area contributed by atoms with Crippen LogP contribution in [0.2, 0.25) is 0 Å². The molecule has 2 rings (SSSR count). The van der Waals surface area contributed by atoms with Gasteiger partial charge in [-0.15, -0.1) is 0 Å². The molecular formula is C18H15F2NO3. The summed E-state index contributed by atoms with van der Waals surface area (Å²) in [6, 6.07) is 9.63. The number of halogens is 2. The number of nitrogens with one attached hydrogen (secondary N) is 1. The van der Waals surface area contributed by atoms with Gasteiger partial charge >= 0.3 is 0 Å². The van der Waals surface area contributed by atoms with Crippen molar-refractivity contribution < 1.29 is 23.1 Å². The molecule has 0 spiro atoms. The molecule has 124 valence electrons. The van der Waals surface area contributed by atoms with E-state index in [1.165, 1.54) is 25.3 Å². The van der Waals surface area contributed by atoms with Gasteiger partial charge in [-0.3, -0.25) is 9.59 Å². The van der Waals surface area contributed by atoms with Crippen LogP contribution in [0.3, 0.4) is 0 Å². The highest BCUT2D eigenvalue weighted by Gasteiger charge is 2.05. The van der Waals surface area contributed by atoms with Crippen molar-refractivity contribution in [2.75, 3.05) is 13.7 Å². The Balaban J connectivity index is 2.00. The standard InChI is InChI=1S/C18H15F2NO3/c1-21-18(23)11-24-14-6-4-13(5-7-14)17(22)9-3-12-2-8-15(19)16(20)10-12/h2-10H,11H2,1H3,(H,21,23)/b9-3+. The number of ketones is 1. The molecule has 2 aromatic carbocycles. The average molecular weight is 331 g/mol. The van der Waals surface area contributed by atoms with Crippen LogP contribution >= 0.6 is 0 Å². The predicted octanol–water partition coefficient (Wildman–Crippen LogP) is 2.99. The molecule has 2 aromatic rings. The van der Waals surface area contributed by atoms with E-state index in [0.717, 1.165) is 12.1 Å². The lowest BCUT2D eigenvalue weighted by Crippen LogP contribution is -2.24. The van der Waals surface area contributed by atoms with Crippen LogP contribution < -0.4 is 10.1 Å². The van der Waals surface area contributed by atoms with Gasteiger partial charge in [0.15, 0.2) is 24.0 Å². The third-order valence-corrected chi connectivity index (χ3v) is 3.16. The molecular weight excluding hydrogens is 316 g/mol. The summed E-state index contributed by atoms with van der Waals surface area (Å²) in [7, 11) is 1.51. The third kappa shape index (κ3) is 4.74. The number of hydrogen-bond acceptors (Lipinski definition) is 3. The Labute approximate surface area is 137 Å². The first kappa shape index (κ1) is 17.3. The van der Waals surface area contributed by atoms with Gasteiger partial charge in [0.05, 0.1) is 0 Å². The molecule has 0 unspecified atom stereocenters. The van der Waals surface area contributed by atoms with Crippen molar-refractivity contribution in [1.29, 1.82) is 0 Å². The molecule has 0 saturated heterocycles. The minimum Gasteiger partial charge on any atom is -0.484 e. The second-order valence-electron chi connectivity index (χ2n) is 4.86. The van der Waals surface area contributed by atoms with Gasteiger partial charge in [-0.2, -0.15) is 0 Å². The monoisotopic (exact) mass is 331 g/mol.